The van der Waals surface area contributed by atoms with Gasteiger partial charge in [0.2, 0.25) is 5.91 Å². The van der Waals surface area contributed by atoms with Crippen LogP contribution in [-0.4, -0.2) is 48.6 Å². The van der Waals surface area contributed by atoms with Gasteiger partial charge in [-0.15, -0.1) is 0 Å². The molecule has 0 bridgehead atoms. The molecule has 172 valence electrons. The lowest BCUT2D eigenvalue weighted by atomic mass is 9.68. The van der Waals surface area contributed by atoms with Crippen LogP contribution in [-0.2, 0) is 20.5 Å². The van der Waals surface area contributed by atoms with E-state index in [1.165, 1.54) is 0 Å². The number of nitrogens with two attached hydrogens (primary N) is 1. The molecule has 1 heterocycles. The van der Waals surface area contributed by atoms with Crippen LogP contribution in [0.3, 0.4) is 0 Å². The van der Waals surface area contributed by atoms with Crippen LogP contribution >= 0.6 is 0 Å². The van der Waals surface area contributed by atoms with Crippen LogP contribution in [0.5, 0.6) is 5.75 Å². The largest absolute Gasteiger partial charge is 0.487 e. The zero-order valence-electron chi connectivity index (χ0n) is 17.2. The lowest BCUT2D eigenvalue weighted by Gasteiger charge is -2.46. The van der Waals surface area contributed by atoms with Gasteiger partial charge in [0.1, 0.15) is 6.61 Å². The third-order valence-corrected chi connectivity index (χ3v) is 6.18. The molecule has 10 heteroatoms. The summed E-state index contributed by atoms with van der Waals surface area (Å²) in [6, 6.07) is 2.22. The van der Waals surface area contributed by atoms with E-state index in [1.807, 2.05) is 0 Å². The van der Waals surface area contributed by atoms with E-state index in [-0.39, 0.29) is 30.1 Å². The summed E-state index contributed by atoms with van der Waals surface area (Å²) in [4.78, 5) is 24.7. The summed E-state index contributed by atoms with van der Waals surface area (Å²) in [5.74, 6) is -1.39. The molecule has 2 aliphatic rings. The molecule has 1 unspecified atom stereocenters. The van der Waals surface area contributed by atoms with Gasteiger partial charge >= 0.3 is 6.18 Å². The molecule has 1 aliphatic carbocycles. The fourth-order valence-electron chi connectivity index (χ4n) is 4.33. The summed E-state index contributed by atoms with van der Waals surface area (Å²) in [5, 5.41) is 0. The van der Waals surface area contributed by atoms with Crippen molar-refractivity contribution in [1.82, 2.24) is 4.90 Å². The second kappa shape index (κ2) is 9.02. The maximum Gasteiger partial charge on any atom is 0.416 e. The van der Waals surface area contributed by atoms with Crippen molar-refractivity contribution in [2.75, 3.05) is 19.7 Å². The SMILES string of the molecule is CC(Oc1ccc(C(F)(F)F)cc1F)C1CCN(C(=O)C2CC(N)(COC=O)C2)CC1. The molecule has 1 saturated heterocycles. The van der Waals surface area contributed by atoms with E-state index in [1.54, 1.807) is 11.8 Å². The van der Waals surface area contributed by atoms with Gasteiger partial charge in [-0.1, -0.05) is 0 Å². The van der Waals surface area contributed by atoms with Crippen molar-refractivity contribution >= 4 is 12.4 Å². The second-order valence-electron chi connectivity index (χ2n) is 8.50. The number of halogens is 4. The quantitative estimate of drug-likeness (QED) is 0.514. The Morgan fingerprint density at radius 2 is 1.97 bits per heavy atom. The molecule has 1 aromatic carbocycles. The Balaban J connectivity index is 1.47. The lowest BCUT2D eigenvalue weighted by Crippen LogP contribution is -2.59. The third-order valence-electron chi connectivity index (χ3n) is 6.18. The predicted molar refractivity (Wildman–Crippen MR) is 102 cm³/mol. The number of hydrogen-bond acceptors (Lipinski definition) is 5. The monoisotopic (exact) mass is 446 g/mol. The van der Waals surface area contributed by atoms with Crippen LogP contribution in [0.25, 0.3) is 0 Å². The first-order valence-corrected chi connectivity index (χ1v) is 10.2. The number of rotatable bonds is 7. The van der Waals surface area contributed by atoms with Crippen molar-refractivity contribution in [2.24, 2.45) is 17.6 Å². The number of carbonyl (C=O) groups is 2. The van der Waals surface area contributed by atoms with Crippen molar-refractivity contribution in [2.45, 2.75) is 50.4 Å². The van der Waals surface area contributed by atoms with E-state index in [0.29, 0.717) is 51.3 Å². The minimum Gasteiger partial charge on any atom is -0.487 e. The highest BCUT2D eigenvalue weighted by molar-refractivity contribution is 5.80. The molecule has 1 atom stereocenters. The molecule has 1 amide bonds. The zero-order valence-corrected chi connectivity index (χ0v) is 17.2. The summed E-state index contributed by atoms with van der Waals surface area (Å²) in [6.07, 6.45) is -2.81. The Morgan fingerprint density at radius 1 is 1.32 bits per heavy atom. The minimum atomic E-state index is -4.62. The Labute approximate surface area is 177 Å². The van der Waals surface area contributed by atoms with Crippen molar-refractivity contribution in [3.8, 4) is 5.75 Å². The molecule has 1 saturated carbocycles. The van der Waals surface area contributed by atoms with Gasteiger partial charge in [0.05, 0.1) is 17.2 Å². The first-order valence-electron chi connectivity index (χ1n) is 10.2. The molecule has 0 aromatic heterocycles. The number of hydrogen-bond donors (Lipinski definition) is 1. The topological polar surface area (TPSA) is 81.9 Å². The summed E-state index contributed by atoms with van der Waals surface area (Å²) in [7, 11) is 0. The van der Waals surface area contributed by atoms with Gasteiger partial charge in [-0.25, -0.2) is 4.39 Å². The van der Waals surface area contributed by atoms with E-state index in [4.69, 9.17) is 15.2 Å². The number of likely N-dealkylation sites (tertiary alicyclic amines) is 1. The minimum absolute atomic E-state index is 0.0213. The number of benzene rings is 1. The molecular weight excluding hydrogens is 420 g/mol. The van der Waals surface area contributed by atoms with Gasteiger partial charge in [-0.05, 0) is 56.7 Å². The van der Waals surface area contributed by atoms with Gasteiger partial charge < -0.3 is 20.1 Å². The molecule has 2 fully saturated rings. The number of piperidine rings is 1. The maximum absolute atomic E-state index is 14.0. The Bertz CT molecular complexity index is 803. The summed E-state index contributed by atoms with van der Waals surface area (Å²) in [6.45, 7) is 3.23. The van der Waals surface area contributed by atoms with E-state index in [2.05, 4.69) is 0 Å². The van der Waals surface area contributed by atoms with E-state index in [0.717, 1.165) is 12.1 Å². The van der Waals surface area contributed by atoms with Crippen molar-refractivity contribution in [3.63, 3.8) is 0 Å². The van der Waals surface area contributed by atoms with Crippen LogP contribution in [0, 0.1) is 17.7 Å². The molecule has 31 heavy (non-hydrogen) atoms. The van der Waals surface area contributed by atoms with Crippen LogP contribution in [0.1, 0.15) is 38.2 Å². The maximum atomic E-state index is 14.0. The summed E-state index contributed by atoms with van der Waals surface area (Å²) in [5.41, 5.74) is 4.35. The first-order chi connectivity index (χ1) is 14.5. The van der Waals surface area contributed by atoms with Gasteiger partial charge in [0.15, 0.2) is 11.6 Å². The molecule has 0 radical (unpaired) electrons. The Kier molecular flexibility index (Phi) is 6.78. The molecule has 2 N–H and O–H groups in total. The van der Waals surface area contributed by atoms with E-state index >= 15 is 0 Å². The highest BCUT2D eigenvalue weighted by Crippen LogP contribution is 2.38. The summed E-state index contributed by atoms with van der Waals surface area (Å²) < 4.78 is 62.3. The van der Waals surface area contributed by atoms with Gasteiger partial charge in [-0.3, -0.25) is 9.59 Å². The molecule has 3 rings (SSSR count). The normalized spacial score (nSPS) is 25.5. The van der Waals surface area contributed by atoms with Crippen molar-refractivity contribution < 1.29 is 36.6 Å². The standard InChI is InChI=1S/C21H26F4N2O4/c1-13(31-18-3-2-16(8-17(18)22)21(23,24)25)14-4-6-27(7-5-14)19(29)15-9-20(26,10-15)11-30-12-28/h2-3,8,12-15H,4-7,9-11,26H2,1H3. The highest BCUT2D eigenvalue weighted by atomic mass is 19.4. The average molecular weight is 446 g/mol. The first kappa shape index (κ1) is 23.3. The average Bonchev–Trinajstić information content (AvgIpc) is 2.70. The van der Waals surface area contributed by atoms with Gasteiger partial charge in [0.25, 0.3) is 6.47 Å². The van der Waals surface area contributed by atoms with Gasteiger partial charge in [-0.2, -0.15) is 13.2 Å². The molecular formula is C21H26F4N2O4. The molecule has 6 nitrogen and oxygen atoms in total. The molecule has 0 spiro atoms. The van der Waals surface area contributed by atoms with Crippen LogP contribution < -0.4 is 10.5 Å². The number of carbonyl (C=O) groups excluding carboxylic acids is 2. The van der Waals surface area contributed by atoms with E-state index in [9.17, 15) is 27.2 Å². The fourth-order valence-corrected chi connectivity index (χ4v) is 4.33. The van der Waals surface area contributed by atoms with Crippen molar-refractivity contribution in [1.29, 1.82) is 0 Å². The summed E-state index contributed by atoms with van der Waals surface area (Å²) >= 11 is 0. The fraction of sp³-hybridized carbons (Fsp3) is 0.619. The van der Waals surface area contributed by atoms with Crippen molar-refractivity contribution in [3.05, 3.63) is 29.6 Å². The lowest BCUT2D eigenvalue weighted by molar-refractivity contribution is -0.145. The van der Waals surface area contributed by atoms with E-state index < -0.39 is 29.2 Å². The zero-order chi connectivity index (χ0) is 22.8. The molecule has 1 aliphatic heterocycles. The highest BCUT2D eigenvalue weighted by Gasteiger charge is 2.47. The Morgan fingerprint density at radius 3 is 2.52 bits per heavy atom. The number of ether oxygens (including phenoxy) is 2. The number of nitrogens with zero attached hydrogens (tertiary/aromatic N) is 1. The number of alkyl halides is 3. The smallest absolute Gasteiger partial charge is 0.416 e. The second-order valence-corrected chi connectivity index (χ2v) is 8.50. The molecule has 1 aromatic rings. The predicted octanol–water partition coefficient (Wildman–Crippen LogP) is 3.13. The van der Waals surface area contributed by atoms with Gasteiger partial charge in [0, 0.05) is 19.0 Å². The van der Waals surface area contributed by atoms with Crippen LogP contribution in [0.15, 0.2) is 18.2 Å². The van der Waals surface area contributed by atoms with Crippen LogP contribution in [0.4, 0.5) is 17.6 Å². The Hall–Kier alpha value is -2.36. The third kappa shape index (κ3) is 5.47. The number of amides is 1. The van der Waals surface area contributed by atoms with Crippen LogP contribution in [0.2, 0.25) is 0 Å².